The first kappa shape index (κ1) is 36.5. The maximum absolute atomic E-state index is 11.5. The quantitative estimate of drug-likeness (QED) is 0.121. The molecular weight excluding hydrogens is 572 g/mol. The van der Waals surface area contributed by atoms with Crippen LogP contribution in [-0.2, 0) is 16.8 Å². The molecule has 0 fully saturated rings. The van der Waals surface area contributed by atoms with Crippen molar-refractivity contribution in [3.8, 4) is 5.75 Å². The van der Waals surface area contributed by atoms with Crippen LogP contribution >= 0.6 is 0 Å². The molecule has 44 heavy (non-hydrogen) atoms. The van der Waals surface area contributed by atoms with E-state index in [1.807, 2.05) is 13.0 Å². The van der Waals surface area contributed by atoms with E-state index in [0.29, 0.717) is 25.2 Å². The van der Waals surface area contributed by atoms with Gasteiger partial charge in [0.15, 0.2) is 0 Å². The van der Waals surface area contributed by atoms with E-state index >= 15 is 0 Å². The number of hydrogen-bond acceptors (Lipinski definition) is 6. The van der Waals surface area contributed by atoms with Crippen molar-refractivity contribution < 1.29 is 27.4 Å². The van der Waals surface area contributed by atoms with Gasteiger partial charge in [-0.2, -0.15) is 0 Å². The highest BCUT2D eigenvalue weighted by Gasteiger charge is 2.46. The van der Waals surface area contributed by atoms with E-state index in [-0.39, 0.29) is 16.6 Å². The summed E-state index contributed by atoms with van der Waals surface area (Å²) >= 11 is 0. The van der Waals surface area contributed by atoms with E-state index in [1.54, 1.807) is 19.1 Å². The second-order valence-corrected chi connectivity index (χ2v) is 15.8. The average molecular weight is 630 g/mol. The van der Waals surface area contributed by atoms with Crippen molar-refractivity contribution in [2.24, 2.45) is 16.7 Å². The van der Waals surface area contributed by atoms with Crippen LogP contribution in [0.2, 0.25) is 0 Å². The highest BCUT2D eigenvalue weighted by Crippen LogP contribution is 2.58. The molecule has 1 aromatic carbocycles. The van der Waals surface area contributed by atoms with Gasteiger partial charge in [-0.05, 0) is 140 Å². The molecule has 0 radical (unpaired) electrons. The minimum Gasteiger partial charge on any atom is -0.716 e. The van der Waals surface area contributed by atoms with Crippen molar-refractivity contribution in [2.45, 2.75) is 144 Å². The molecule has 0 spiro atoms. The van der Waals surface area contributed by atoms with Crippen LogP contribution in [0.15, 0.2) is 52.6 Å². The van der Waals surface area contributed by atoms with Crippen LogP contribution in [-0.4, -0.2) is 34.9 Å². The summed E-state index contributed by atoms with van der Waals surface area (Å²) in [6.07, 6.45) is 14.0. The summed E-state index contributed by atoms with van der Waals surface area (Å²) in [5, 5.41) is 22.4. The summed E-state index contributed by atoms with van der Waals surface area (Å²) < 4.78 is 39.4. The van der Waals surface area contributed by atoms with Gasteiger partial charge >= 0.3 is 0 Å². The zero-order valence-corrected chi connectivity index (χ0v) is 29.3. The van der Waals surface area contributed by atoms with E-state index in [1.165, 1.54) is 22.3 Å². The Hall–Kier alpha value is -1.93. The number of aliphatic hydroxyl groups is 2. The predicted octanol–water partition coefficient (Wildman–Crippen LogP) is 8.66. The van der Waals surface area contributed by atoms with Crippen LogP contribution in [0.25, 0.3) is 0 Å². The molecule has 0 aliphatic heterocycles. The van der Waals surface area contributed by atoms with E-state index < -0.39 is 22.1 Å². The minimum atomic E-state index is -4.88. The molecule has 0 aromatic heterocycles. The topological polar surface area (TPSA) is 107 Å². The molecule has 3 rings (SSSR count). The Bertz CT molecular complexity index is 1350. The third-order valence-electron chi connectivity index (χ3n) is 10.7. The minimum absolute atomic E-state index is 0.0717. The highest BCUT2D eigenvalue weighted by molar-refractivity contribution is 7.81. The molecule has 1 aromatic rings. The van der Waals surface area contributed by atoms with Gasteiger partial charge in [-0.15, -0.1) is 0 Å². The lowest BCUT2D eigenvalue weighted by molar-refractivity contribution is -0.0733. The molecule has 2 unspecified atom stereocenters. The van der Waals surface area contributed by atoms with Gasteiger partial charge in [-0.25, -0.2) is 8.42 Å². The molecule has 2 N–H and O–H groups in total. The van der Waals surface area contributed by atoms with Crippen LogP contribution in [0.4, 0.5) is 0 Å². The van der Waals surface area contributed by atoms with Crippen molar-refractivity contribution in [2.75, 3.05) is 0 Å². The Morgan fingerprint density at radius 1 is 1.16 bits per heavy atom. The van der Waals surface area contributed by atoms with E-state index in [2.05, 4.69) is 53.7 Å². The summed E-state index contributed by atoms with van der Waals surface area (Å²) in [5.74, 6) is 0.485. The van der Waals surface area contributed by atoms with Crippen molar-refractivity contribution in [1.82, 2.24) is 0 Å². The van der Waals surface area contributed by atoms with Crippen LogP contribution < -0.4 is 4.18 Å². The fraction of sp³-hybridized carbons (Fsp3) is 0.676. The number of aliphatic hydroxyl groups excluding tert-OH is 1. The van der Waals surface area contributed by atoms with E-state index in [0.717, 1.165) is 68.9 Å². The predicted molar refractivity (Wildman–Crippen MR) is 178 cm³/mol. The molecule has 0 amide bonds. The van der Waals surface area contributed by atoms with Gasteiger partial charge < -0.3 is 18.9 Å². The second-order valence-electron chi connectivity index (χ2n) is 14.8. The summed E-state index contributed by atoms with van der Waals surface area (Å²) in [7, 11) is -4.88. The Morgan fingerprint density at radius 3 is 2.52 bits per heavy atom. The van der Waals surface area contributed by atoms with Crippen LogP contribution in [0, 0.1) is 23.7 Å². The molecule has 248 valence electrons. The number of aryl methyl sites for hydroxylation is 1. The van der Waals surface area contributed by atoms with Gasteiger partial charge in [0, 0.05) is 0 Å². The van der Waals surface area contributed by atoms with Crippen LogP contribution in [0.1, 0.15) is 130 Å². The molecule has 0 heterocycles. The second kappa shape index (κ2) is 14.7. The summed E-state index contributed by atoms with van der Waals surface area (Å²) in [6, 6.07) is 5.29. The van der Waals surface area contributed by atoms with Crippen LogP contribution in [0.5, 0.6) is 5.75 Å². The highest BCUT2D eigenvalue weighted by atomic mass is 32.3. The van der Waals surface area contributed by atoms with E-state index in [9.17, 15) is 23.2 Å². The first-order valence-corrected chi connectivity index (χ1v) is 17.9. The molecule has 0 saturated carbocycles. The smallest absolute Gasteiger partial charge is 0.262 e. The van der Waals surface area contributed by atoms with Gasteiger partial charge in [-0.1, -0.05) is 72.9 Å². The van der Waals surface area contributed by atoms with Gasteiger partial charge in [0.2, 0.25) is 0 Å². The van der Waals surface area contributed by atoms with Gasteiger partial charge in [0.05, 0.1) is 11.7 Å². The maximum atomic E-state index is 11.5. The summed E-state index contributed by atoms with van der Waals surface area (Å²) in [6.45, 7) is 17.0. The Labute approximate surface area is 267 Å². The van der Waals surface area contributed by atoms with Gasteiger partial charge in [-0.3, -0.25) is 0 Å². The lowest BCUT2D eigenvalue weighted by Crippen LogP contribution is -2.42. The summed E-state index contributed by atoms with van der Waals surface area (Å²) in [5.41, 5.74) is 5.84. The molecule has 6 nitrogen and oxygen atoms in total. The largest absolute Gasteiger partial charge is 0.716 e. The fourth-order valence-electron chi connectivity index (χ4n) is 7.61. The standard InChI is InChI=1S/C37H58O6S/c1-26(2)12-9-13-27(3)14-10-22-37(8,39)34(38)20-23-35(6)21-11-15-32-31(35)18-17-29(5)36(32,7)25-30-24-28(4)16-19-33(30)43-44(40,41)42/h12,14,16,19,24,29,34,38-39H,9-11,13,15,17-18,20-23,25H2,1-8H3,(H,40,41,42)/p-1/b27-14+/t29-,34?,35-,36+,37?/m0/s1. The van der Waals surface area contributed by atoms with Crippen molar-refractivity contribution >= 4 is 10.4 Å². The maximum Gasteiger partial charge on any atom is 0.262 e. The molecule has 2 aliphatic carbocycles. The van der Waals surface area contributed by atoms with E-state index in [4.69, 9.17) is 4.18 Å². The zero-order valence-electron chi connectivity index (χ0n) is 28.5. The Morgan fingerprint density at radius 2 is 1.86 bits per heavy atom. The molecule has 2 aliphatic rings. The van der Waals surface area contributed by atoms with Crippen molar-refractivity contribution in [3.05, 3.63) is 63.8 Å². The van der Waals surface area contributed by atoms with Crippen LogP contribution in [0.3, 0.4) is 0 Å². The molecule has 7 heteroatoms. The number of hydrogen-bond donors (Lipinski definition) is 2. The Kier molecular flexibility index (Phi) is 12.2. The third kappa shape index (κ3) is 9.54. The third-order valence-corrected chi connectivity index (χ3v) is 11.1. The normalized spacial score (nSPS) is 26.5. The summed E-state index contributed by atoms with van der Waals surface area (Å²) in [4.78, 5) is 0. The first-order chi connectivity index (χ1) is 20.4. The molecule has 0 saturated heterocycles. The van der Waals surface area contributed by atoms with Crippen molar-refractivity contribution in [1.29, 1.82) is 0 Å². The first-order valence-electron chi connectivity index (χ1n) is 16.5. The number of allylic oxidation sites excluding steroid dienone is 6. The molecule has 0 bridgehead atoms. The Balaban J connectivity index is 1.77. The lowest BCUT2D eigenvalue weighted by atomic mass is 9.54. The fourth-order valence-corrected chi connectivity index (χ4v) is 7.99. The van der Waals surface area contributed by atoms with Gasteiger partial charge in [0.1, 0.15) is 5.75 Å². The lowest BCUT2D eigenvalue weighted by Gasteiger charge is -2.51. The average Bonchev–Trinajstić information content (AvgIpc) is 2.90. The molecular formula is C37H57O6S-. The van der Waals surface area contributed by atoms with Crippen molar-refractivity contribution in [3.63, 3.8) is 0 Å². The SMILES string of the molecule is CC(C)=CCC/C(C)=C/CCC(C)(O)C(O)CC[C@]1(C)CCCC2=C1CC[C@H](C)[C@@]2(C)Cc1cc(C)ccc1OS(=O)(=O)[O-]. The number of rotatable bonds is 14. The monoisotopic (exact) mass is 629 g/mol. The van der Waals surface area contributed by atoms with Gasteiger partial charge in [0.25, 0.3) is 10.4 Å². The molecule has 5 atom stereocenters. The number of benzene rings is 1. The zero-order chi connectivity index (χ0) is 32.9.